The van der Waals surface area contributed by atoms with Crippen LogP contribution in [0.2, 0.25) is 0 Å². The molecule has 7 aromatic carbocycles. The molecule has 3 heteroatoms. The van der Waals surface area contributed by atoms with Crippen molar-refractivity contribution in [3.63, 3.8) is 0 Å². The summed E-state index contributed by atoms with van der Waals surface area (Å²) in [6, 6.07) is 61.4. The van der Waals surface area contributed by atoms with Crippen LogP contribution in [0, 0.1) is 0 Å². The summed E-state index contributed by atoms with van der Waals surface area (Å²) >= 11 is 0. The summed E-state index contributed by atoms with van der Waals surface area (Å²) in [7, 11) is 0. The van der Waals surface area contributed by atoms with Crippen molar-refractivity contribution in [2.24, 2.45) is 0 Å². The third-order valence-electron chi connectivity index (χ3n) is 11.4. The normalized spacial score (nSPS) is 13.9. The molecule has 0 aliphatic heterocycles. The average molecular weight is 702 g/mol. The molecule has 1 atom stereocenters. The van der Waals surface area contributed by atoms with E-state index in [9.17, 15) is 0 Å². The predicted molar refractivity (Wildman–Crippen MR) is 230 cm³/mol. The number of pyridine rings is 2. The van der Waals surface area contributed by atoms with E-state index in [4.69, 9.17) is 4.98 Å². The Balaban J connectivity index is 1.06. The highest BCUT2D eigenvalue weighted by molar-refractivity contribution is 6.23. The van der Waals surface area contributed by atoms with E-state index in [-0.39, 0.29) is 5.92 Å². The van der Waals surface area contributed by atoms with E-state index in [0.29, 0.717) is 0 Å². The molecule has 0 radical (unpaired) electrons. The molecule has 10 aromatic rings. The molecule has 0 saturated heterocycles. The molecule has 11 rings (SSSR count). The molecule has 3 nitrogen and oxygen atoms in total. The van der Waals surface area contributed by atoms with E-state index < -0.39 is 0 Å². The largest absolute Gasteiger partial charge is 0.308 e. The third kappa shape index (κ3) is 5.12. The minimum absolute atomic E-state index is 0.241. The van der Waals surface area contributed by atoms with Gasteiger partial charge in [-0.2, -0.15) is 0 Å². The number of rotatable bonds is 5. The minimum atomic E-state index is 0.241. The molecule has 0 bridgehead atoms. The molecule has 1 unspecified atom stereocenters. The predicted octanol–water partition coefficient (Wildman–Crippen LogP) is 11.6. The number of hydrogen-bond acceptors (Lipinski definition) is 2. The summed E-state index contributed by atoms with van der Waals surface area (Å²) < 4.78 is 2.35. The fourth-order valence-electron chi connectivity index (χ4n) is 8.93. The van der Waals surface area contributed by atoms with Crippen molar-refractivity contribution in [1.29, 1.82) is 0 Å². The van der Waals surface area contributed by atoms with Gasteiger partial charge in [0.05, 0.1) is 23.1 Å². The molecular weight excluding hydrogens is 667 g/mol. The maximum Gasteiger partial charge on any atom is 0.0893 e. The van der Waals surface area contributed by atoms with E-state index in [1.165, 1.54) is 76.1 Å². The summed E-state index contributed by atoms with van der Waals surface area (Å²) in [5, 5.41) is 11.3. The van der Waals surface area contributed by atoms with Crippen LogP contribution in [-0.2, 0) is 0 Å². The van der Waals surface area contributed by atoms with Crippen LogP contribution in [0.15, 0.2) is 182 Å². The van der Waals surface area contributed by atoms with Gasteiger partial charge in [0.25, 0.3) is 0 Å². The number of benzene rings is 7. The van der Waals surface area contributed by atoms with Crippen molar-refractivity contribution in [2.45, 2.75) is 12.3 Å². The van der Waals surface area contributed by atoms with Gasteiger partial charge in [-0.05, 0) is 96.9 Å². The fraction of sp³-hybridized carbons (Fsp3) is 0.0385. The van der Waals surface area contributed by atoms with Gasteiger partial charge in [-0.3, -0.25) is 9.97 Å². The van der Waals surface area contributed by atoms with E-state index in [1.54, 1.807) is 0 Å². The molecule has 0 spiro atoms. The number of fused-ring (bicyclic) bond motifs is 6. The van der Waals surface area contributed by atoms with Crippen molar-refractivity contribution in [3.8, 4) is 39.3 Å². The summed E-state index contributed by atoms with van der Waals surface area (Å²) in [5.74, 6) is 0.241. The molecule has 0 saturated carbocycles. The van der Waals surface area contributed by atoms with Crippen LogP contribution >= 0.6 is 0 Å². The van der Waals surface area contributed by atoms with Gasteiger partial charge in [0.2, 0.25) is 0 Å². The Bertz CT molecular complexity index is 3150. The van der Waals surface area contributed by atoms with Crippen LogP contribution in [0.4, 0.5) is 0 Å². The molecule has 3 heterocycles. The Morgan fingerprint density at radius 3 is 1.89 bits per heavy atom. The van der Waals surface area contributed by atoms with E-state index in [2.05, 4.69) is 173 Å². The van der Waals surface area contributed by atoms with Gasteiger partial charge < -0.3 is 4.57 Å². The van der Waals surface area contributed by atoms with Gasteiger partial charge in [-0.15, -0.1) is 0 Å². The average Bonchev–Trinajstić information content (AvgIpc) is 3.59. The van der Waals surface area contributed by atoms with Crippen molar-refractivity contribution in [3.05, 3.63) is 198 Å². The van der Waals surface area contributed by atoms with Crippen LogP contribution in [0.3, 0.4) is 0 Å². The molecule has 0 fully saturated rings. The van der Waals surface area contributed by atoms with Crippen molar-refractivity contribution in [2.75, 3.05) is 0 Å². The SMILES string of the molecule is C1=c2c(n(-c3ccccc3)c3cnc(-c4ccccn4)cc23)=CCC1c1ccc(-c2c3ccccc3c(-c3cccc4ccccc34)c3ccccc23)cc1. The van der Waals surface area contributed by atoms with Crippen LogP contribution in [0.1, 0.15) is 17.9 Å². The standard InChI is InChI=1S/C52H35N3/c1-2-15-38(16-3-1)55-49-29-28-37(31-45(49)46-32-48(54-33-50(46)55)47-23-10-11-30-53-47)34-24-26-36(27-25-34)51-41-18-6-8-20-43(41)52(44-21-9-7-19-42(44)51)40-22-12-14-35-13-4-5-17-39(35)40/h1-27,29-33,37H,28H2. The van der Waals surface area contributed by atoms with E-state index >= 15 is 0 Å². The second kappa shape index (κ2) is 12.8. The molecule has 0 N–H and O–H groups in total. The lowest BCUT2D eigenvalue weighted by atomic mass is 9.84. The van der Waals surface area contributed by atoms with Crippen LogP contribution in [0.5, 0.6) is 0 Å². The highest BCUT2D eigenvalue weighted by atomic mass is 15.0. The van der Waals surface area contributed by atoms with E-state index in [0.717, 1.165) is 29.0 Å². The van der Waals surface area contributed by atoms with E-state index in [1.807, 2.05) is 30.6 Å². The van der Waals surface area contributed by atoms with Crippen LogP contribution < -0.4 is 10.6 Å². The number of aromatic nitrogens is 3. The summed E-state index contributed by atoms with van der Waals surface area (Å²) in [6.07, 6.45) is 9.64. The fourth-order valence-corrected chi connectivity index (χ4v) is 8.93. The first-order valence-corrected chi connectivity index (χ1v) is 19.0. The Labute approximate surface area is 318 Å². The molecule has 1 aliphatic rings. The third-order valence-corrected chi connectivity index (χ3v) is 11.4. The summed E-state index contributed by atoms with van der Waals surface area (Å²) in [6.45, 7) is 0. The Morgan fingerprint density at radius 1 is 0.509 bits per heavy atom. The second-order valence-corrected chi connectivity index (χ2v) is 14.5. The lowest BCUT2D eigenvalue weighted by molar-refractivity contribution is 0.907. The topological polar surface area (TPSA) is 30.7 Å². The maximum absolute atomic E-state index is 4.89. The van der Waals surface area contributed by atoms with Crippen molar-refractivity contribution in [1.82, 2.24) is 14.5 Å². The lowest BCUT2D eigenvalue weighted by Gasteiger charge is -2.19. The first-order chi connectivity index (χ1) is 27.3. The first kappa shape index (κ1) is 31.4. The molecule has 258 valence electrons. The van der Waals surface area contributed by atoms with Crippen LogP contribution in [-0.4, -0.2) is 14.5 Å². The second-order valence-electron chi connectivity index (χ2n) is 14.5. The van der Waals surface area contributed by atoms with Gasteiger partial charge in [0.15, 0.2) is 0 Å². The molecule has 55 heavy (non-hydrogen) atoms. The zero-order valence-corrected chi connectivity index (χ0v) is 30.1. The highest BCUT2D eigenvalue weighted by Gasteiger charge is 2.20. The number of nitrogens with zero attached hydrogens (tertiary/aromatic N) is 3. The molecule has 3 aromatic heterocycles. The van der Waals surface area contributed by atoms with Crippen LogP contribution in [0.25, 0.3) is 94.7 Å². The Kier molecular flexibility index (Phi) is 7.31. The molecular formula is C52H35N3. The zero-order chi connectivity index (χ0) is 36.3. The van der Waals surface area contributed by atoms with Gasteiger partial charge in [-0.1, -0.05) is 152 Å². The first-order valence-electron chi connectivity index (χ1n) is 19.0. The summed E-state index contributed by atoms with van der Waals surface area (Å²) in [4.78, 5) is 9.50. The van der Waals surface area contributed by atoms with Crippen molar-refractivity contribution >= 4 is 55.4 Å². The molecule has 0 amide bonds. The van der Waals surface area contributed by atoms with Gasteiger partial charge in [-0.25, -0.2) is 0 Å². The molecule has 1 aliphatic carbocycles. The zero-order valence-electron chi connectivity index (χ0n) is 30.1. The smallest absolute Gasteiger partial charge is 0.0893 e. The highest BCUT2D eigenvalue weighted by Crippen LogP contribution is 2.45. The van der Waals surface area contributed by atoms with Gasteiger partial charge in [0.1, 0.15) is 0 Å². The maximum atomic E-state index is 4.89. The van der Waals surface area contributed by atoms with Crippen molar-refractivity contribution < 1.29 is 0 Å². The van der Waals surface area contributed by atoms with Gasteiger partial charge in [0, 0.05) is 33.8 Å². The quantitative estimate of drug-likeness (QED) is 0.167. The van der Waals surface area contributed by atoms with Gasteiger partial charge >= 0.3 is 0 Å². The Hall–Kier alpha value is -7.10. The monoisotopic (exact) mass is 701 g/mol. The summed E-state index contributed by atoms with van der Waals surface area (Å²) in [5.41, 5.74) is 10.4. The number of hydrogen-bond donors (Lipinski definition) is 0. The number of para-hydroxylation sites is 1. The Morgan fingerprint density at radius 2 is 1.16 bits per heavy atom. The lowest BCUT2D eigenvalue weighted by Crippen LogP contribution is -2.31. The minimum Gasteiger partial charge on any atom is -0.308 e.